The Labute approximate surface area is 243 Å². The average Bonchev–Trinajstić information content (AvgIpc) is 3.61. The second kappa shape index (κ2) is 11.3. The van der Waals surface area contributed by atoms with Gasteiger partial charge in [-0.1, -0.05) is 68.8 Å². The highest BCUT2D eigenvalue weighted by Gasteiger charge is 2.38. The lowest BCUT2D eigenvalue weighted by molar-refractivity contribution is -0.149. The first-order valence-electron chi connectivity index (χ1n) is 15.2. The second-order valence-electron chi connectivity index (χ2n) is 13.0. The van der Waals surface area contributed by atoms with Gasteiger partial charge in [0.25, 0.3) is 0 Å². The summed E-state index contributed by atoms with van der Waals surface area (Å²) in [4.78, 5) is 11.5. The maximum absolute atomic E-state index is 11.5. The minimum Gasteiger partial charge on any atom is -0.489 e. The Morgan fingerprint density at radius 3 is 2.46 bits per heavy atom. The topological polar surface area (TPSA) is 65.0 Å². The molecule has 3 aromatic carbocycles. The monoisotopic (exact) mass is 554 g/mol. The highest BCUT2D eigenvalue weighted by atomic mass is 16.7. The van der Waals surface area contributed by atoms with Crippen molar-refractivity contribution >= 4 is 5.97 Å². The number of hydrogen-bond donors (Lipinski definition) is 1. The largest absolute Gasteiger partial charge is 0.489 e. The van der Waals surface area contributed by atoms with Crippen LogP contribution in [-0.2, 0) is 26.7 Å². The maximum atomic E-state index is 11.5. The first-order valence-corrected chi connectivity index (χ1v) is 15.2. The summed E-state index contributed by atoms with van der Waals surface area (Å²) >= 11 is 0. The van der Waals surface area contributed by atoms with Crippen molar-refractivity contribution in [3.63, 3.8) is 0 Å². The minimum atomic E-state index is -0.737. The van der Waals surface area contributed by atoms with E-state index in [1.54, 1.807) is 0 Å². The first-order chi connectivity index (χ1) is 19.7. The lowest BCUT2D eigenvalue weighted by atomic mass is 9.75. The van der Waals surface area contributed by atoms with E-state index in [4.69, 9.17) is 14.2 Å². The smallest absolute Gasteiger partial charge is 0.303 e. The Balaban J connectivity index is 1.28. The molecule has 6 rings (SSSR count). The Morgan fingerprint density at radius 1 is 0.976 bits per heavy atom. The molecule has 0 aromatic heterocycles. The maximum Gasteiger partial charge on any atom is 0.303 e. The van der Waals surface area contributed by atoms with E-state index in [0.717, 1.165) is 35.3 Å². The molecule has 0 spiro atoms. The average molecular weight is 555 g/mol. The van der Waals surface area contributed by atoms with Gasteiger partial charge in [0.05, 0.1) is 19.6 Å². The zero-order chi connectivity index (χ0) is 28.6. The van der Waals surface area contributed by atoms with Gasteiger partial charge in [-0.05, 0) is 102 Å². The van der Waals surface area contributed by atoms with E-state index in [0.29, 0.717) is 31.7 Å². The number of aliphatic carboxylic acids is 1. The highest BCUT2D eigenvalue weighted by Crippen LogP contribution is 2.51. The quantitative estimate of drug-likeness (QED) is 0.273. The molecule has 2 atom stereocenters. The number of carboxylic acids is 1. The molecule has 0 radical (unpaired) electrons. The Bertz CT molecular complexity index is 1400. The van der Waals surface area contributed by atoms with E-state index < -0.39 is 11.8 Å². The number of carbonyl (C=O) groups is 1. The van der Waals surface area contributed by atoms with Crippen molar-refractivity contribution in [3.05, 3.63) is 89.0 Å². The first kappa shape index (κ1) is 28.0. The molecule has 5 nitrogen and oxygen atoms in total. The molecule has 5 heteroatoms. The van der Waals surface area contributed by atoms with Crippen molar-refractivity contribution in [3.8, 4) is 16.9 Å². The highest BCUT2D eigenvalue weighted by molar-refractivity contribution is 5.70. The molecule has 1 heterocycles. The molecule has 0 amide bonds. The van der Waals surface area contributed by atoms with E-state index in [1.165, 1.54) is 36.0 Å². The van der Waals surface area contributed by atoms with Crippen LogP contribution >= 0.6 is 0 Å². The molecule has 2 aliphatic carbocycles. The summed E-state index contributed by atoms with van der Waals surface area (Å²) in [6.45, 7) is 8.49. The van der Waals surface area contributed by atoms with E-state index >= 15 is 0 Å². The lowest BCUT2D eigenvalue weighted by Crippen LogP contribution is -2.22. The molecule has 3 aliphatic rings. The third-order valence-electron chi connectivity index (χ3n) is 9.56. The predicted octanol–water partition coefficient (Wildman–Crippen LogP) is 8.41. The summed E-state index contributed by atoms with van der Waals surface area (Å²) in [5.41, 5.74) is 7.32. The minimum absolute atomic E-state index is 0.0598. The van der Waals surface area contributed by atoms with Gasteiger partial charge in [0, 0.05) is 5.56 Å². The lowest BCUT2D eigenvalue weighted by Gasteiger charge is -2.30. The van der Waals surface area contributed by atoms with Crippen molar-refractivity contribution in [1.29, 1.82) is 0 Å². The second-order valence-corrected chi connectivity index (χ2v) is 13.0. The molecule has 1 aliphatic heterocycles. The van der Waals surface area contributed by atoms with Crippen molar-refractivity contribution in [2.75, 3.05) is 13.2 Å². The molecule has 41 heavy (non-hydrogen) atoms. The van der Waals surface area contributed by atoms with Crippen molar-refractivity contribution in [2.45, 2.75) is 83.5 Å². The van der Waals surface area contributed by atoms with Gasteiger partial charge in [0.2, 0.25) is 0 Å². The van der Waals surface area contributed by atoms with Crippen LogP contribution < -0.4 is 4.74 Å². The van der Waals surface area contributed by atoms with Gasteiger partial charge in [0.1, 0.15) is 12.4 Å². The van der Waals surface area contributed by atoms with Crippen LogP contribution in [0.2, 0.25) is 0 Å². The molecular formula is C36H42O5. The van der Waals surface area contributed by atoms with Gasteiger partial charge in [-0.3, -0.25) is 4.79 Å². The summed E-state index contributed by atoms with van der Waals surface area (Å²) < 4.78 is 18.3. The fourth-order valence-corrected chi connectivity index (χ4v) is 7.05. The van der Waals surface area contributed by atoms with E-state index in [9.17, 15) is 9.90 Å². The van der Waals surface area contributed by atoms with Gasteiger partial charge >= 0.3 is 5.97 Å². The van der Waals surface area contributed by atoms with Gasteiger partial charge in [-0.15, -0.1) is 0 Å². The SMILES string of the molecule is CC1(c2cccc(-c3ccc(COc4cccc([C@@H](CC(=O)O)C5CC5)c4)cc3[C@H]3CCCC3(C)C)c2)OCCO1. The Kier molecular flexibility index (Phi) is 7.69. The van der Waals surface area contributed by atoms with Crippen LogP contribution in [0.1, 0.15) is 93.4 Å². The van der Waals surface area contributed by atoms with Gasteiger partial charge in [-0.2, -0.15) is 0 Å². The summed E-state index contributed by atoms with van der Waals surface area (Å²) in [5, 5.41) is 9.44. The van der Waals surface area contributed by atoms with Crippen LogP contribution in [0.4, 0.5) is 0 Å². The number of hydrogen-bond acceptors (Lipinski definition) is 4. The van der Waals surface area contributed by atoms with Crippen molar-refractivity contribution in [1.82, 2.24) is 0 Å². The molecule has 3 aromatic rings. The molecule has 2 saturated carbocycles. The van der Waals surface area contributed by atoms with Gasteiger partial charge < -0.3 is 19.3 Å². The Hall–Kier alpha value is -3.15. The third kappa shape index (κ3) is 6.07. The van der Waals surface area contributed by atoms with Crippen molar-refractivity contribution in [2.24, 2.45) is 11.3 Å². The third-order valence-corrected chi connectivity index (χ3v) is 9.56. The van der Waals surface area contributed by atoms with Gasteiger partial charge in [-0.25, -0.2) is 0 Å². The van der Waals surface area contributed by atoms with Crippen molar-refractivity contribution < 1.29 is 24.1 Å². The predicted molar refractivity (Wildman–Crippen MR) is 160 cm³/mol. The van der Waals surface area contributed by atoms with Crippen LogP contribution in [0.15, 0.2) is 66.7 Å². The molecule has 0 unspecified atom stereocenters. The summed E-state index contributed by atoms with van der Waals surface area (Å²) in [6.07, 6.45) is 6.04. The van der Waals surface area contributed by atoms with Crippen LogP contribution in [0, 0.1) is 11.3 Å². The van der Waals surface area contributed by atoms with Crippen LogP contribution in [0.5, 0.6) is 5.75 Å². The molecule has 216 valence electrons. The zero-order valence-electron chi connectivity index (χ0n) is 24.5. The molecule has 0 bridgehead atoms. The number of ether oxygens (including phenoxy) is 3. The number of benzene rings is 3. The normalized spacial score (nSPS) is 22.0. The molecular weight excluding hydrogens is 512 g/mol. The number of rotatable bonds is 10. The standard InChI is InChI=1S/C36H42O5/c1-35(2)16-6-11-33(35)32-19-24(12-15-30(32)26-7-4-9-28(20-26)36(3)40-17-18-41-36)23-39-29-10-5-8-27(21-29)31(22-34(37)38)25-13-14-25/h4-5,7-10,12,15,19-21,25,31,33H,6,11,13-14,16-18,22-23H2,1-3H3,(H,37,38)/t31-,33+/m0/s1. The number of carboxylic acid groups (broad SMARTS) is 1. The molecule has 3 fully saturated rings. The zero-order valence-corrected chi connectivity index (χ0v) is 24.5. The van der Waals surface area contributed by atoms with Crippen LogP contribution in [-0.4, -0.2) is 24.3 Å². The fraction of sp³-hybridized carbons (Fsp3) is 0.472. The fourth-order valence-electron chi connectivity index (χ4n) is 7.05. The summed E-state index contributed by atoms with van der Waals surface area (Å²) in [5.74, 6) is 0.355. The van der Waals surface area contributed by atoms with E-state index in [1.807, 2.05) is 31.2 Å². The van der Waals surface area contributed by atoms with Crippen LogP contribution in [0.25, 0.3) is 11.1 Å². The van der Waals surface area contributed by atoms with Gasteiger partial charge in [0.15, 0.2) is 5.79 Å². The summed E-state index contributed by atoms with van der Waals surface area (Å²) in [6, 6.07) is 23.5. The molecule has 1 saturated heterocycles. The van der Waals surface area contributed by atoms with E-state index in [-0.39, 0.29) is 17.8 Å². The van der Waals surface area contributed by atoms with Crippen LogP contribution in [0.3, 0.4) is 0 Å². The Morgan fingerprint density at radius 2 is 1.76 bits per heavy atom. The summed E-state index contributed by atoms with van der Waals surface area (Å²) in [7, 11) is 0. The molecule has 1 N–H and O–H groups in total. The van der Waals surface area contributed by atoms with E-state index in [2.05, 4.69) is 56.3 Å².